The molecule has 18 heavy (non-hydrogen) atoms. The lowest BCUT2D eigenvalue weighted by molar-refractivity contribution is -0.120. The van der Waals surface area contributed by atoms with Crippen LogP contribution in [0.5, 0.6) is 0 Å². The van der Waals surface area contributed by atoms with E-state index in [1.165, 1.54) is 12.8 Å². The van der Waals surface area contributed by atoms with E-state index in [-0.39, 0.29) is 17.9 Å². The topological polar surface area (TPSA) is 68.0 Å². The summed E-state index contributed by atoms with van der Waals surface area (Å²) in [5.41, 5.74) is 7.00. The monoisotopic (exact) mass is 265 g/mol. The highest BCUT2D eigenvalue weighted by molar-refractivity contribution is 7.13. The van der Waals surface area contributed by atoms with Gasteiger partial charge in [-0.15, -0.1) is 11.3 Å². The third-order valence-corrected chi connectivity index (χ3v) is 4.67. The lowest BCUT2D eigenvalue weighted by Crippen LogP contribution is -2.32. The maximum Gasteiger partial charge on any atom is 0.229 e. The number of thiazole rings is 1. The molecule has 0 bridgehead atoms. The number of nitrogens with one attached hydrogen (secondary N) is 1. The molecule has 1 heterocycles. The van der Waals surface area contributed by atoms with E-state index in [4.69, 9.17) is 5.73 Å². The van der Waals surface area contributed by atoms with Crippen LogP contribution in [0.1, 0.15) is 50.1 Å². The molecule has 1 amide bonds. The molecule has 0 aliphatic heterocycles. The van der Waals surface area contributed by atoms with Crippen LogP contribution >= 0.6 is 11.3 Å². The van der Waals surface area contributed by atoms with Gasteiger partial charge in [-0.3, -0.25) is 4.79 Å². The number of anilines is 1. The molecule has 2 aliphatic carbocycles. The van der Waals surface area contributed by atoms with Crippen LogP contribution in [0.25, 0.3) is 0 Å². The lowest BCUT2D eigenvalue weighted by Gasteiger charge is -2.24. The van der Waals surface area contributed by atoms with Gasteiger partial charge in [-0.05, 0) is 38.5 Å². The van der Waals surface area contributed by atoms with Crippen LogP contribution in [0.4, 0.5) is 5.13 Å². The smallest absolute Gasteiger partial charge is 0.229 e. The average molecular weight is 265 g/mol. The van der Waals surface area contributed by atoms with Crippen molar-refractivity contribution < 1.29 is 4.79 Å². The zero-order chi connectivity index (χ0) is 12.5. The number of carbonyl (C=O) groups is 1. The molecule has 0 unspecified atom stereocenters. The van der Waals surface area contributed by atoms with E-state index in [2.05, 4.69) is 15.7 Å². The third kappa shape index (κ3) is 2.72. The van der Waals surface area contributed by atoms with Gasteiger partial charge in [0.05, 0.1) is 5.69 Å². The molecule has 3 N–H and O–H groups in total. The predicted octanol–water partition coefficient (Wildman–Crippen LogP) is 2.48. The van der Waals surface area contributed by atoms with Gasteiger partial charge in [-0.1, -0.05) is 0 Å². The molecule has 4 nitrogen and oxygen atoms in total. The van der Waals surface area contributed by atoms with Crippen LogP contribution in [-0.4, -0.2) is 16.9 Å². The first-order chi connectivity index (χ1) is 8.72. The quantitative estimate of drug-likeness (QED) is 0.882. The largest absolute Gasteiger partial charge is 0.328 e. The fourth-order valence-corrected chi connectivity index (χ4v) is 3.29. The number of carbonyl (C=O) groups excluding carboxylic acids is 1. The SMILES string of the molecule is NC1CCC(C(=O)Nc2nc(C3CC3)cs2)CC1. The Bertz CT molecular complexity index is 433. The highest BCUT2D eigenvalue weighted by Gasteiger charge is 2.28. The summed E-state index contributed by atoms with van der Waals surface area (Å²) in [4.78, 5) is 16.6. The Morgan fingerprint density at radius 1 is 1.28 bits per heavy atom. The first-order valence-corrected chi connectivity index (χ1v) is 7.62. The Kier molecular flexibility index (Phi) is 3.35. The molecule has 1 aromatic heterocycles. The minimum atomic E-state index is 0.123. The zero-order valence-electron chi connectivity index (χ0n) is 10.4. The molecule has 0 radical (unpaired) electrons. The standard InChI is InChI=1S/C13H19N3OS/c14-10-5-3-9(4-6-10)12(17)16-13-15-11(7-18-13)8-1-2-8/h7-10H,1-6,14H2,(H,15,16,17). The van der Waals surface area contributed by atoms with Gasteiger partial charge in [0.25, 0.3) is 0 Å². The van der Waals surface area contributed by atoms with Gasteiger partial charge >= 0.3 is 0 Å². The van der Waals surface area contributed by atoms with E-state index in [1.807, 2.05) is 0 Å². The minimum Gasteiger partial charge on any atom is -0.328 e. The van der Waals surface area contributed by atoms with E-state index in [1.54, 1.807) is 11.3 Å². The Morgan fingerprint density at radius 2 is 2.00 bits per heavy atom. The highest BCUT2D eigenvalue weighted by Crippen LogP contribution is 2.41. The highest BCUT2D eigenvalue weighted by atomic mass is 32.1. The van der Waals surface area contributed by atoms with E-state index in [0.717, 1.165) is 36.5 Å². The van der Waals surface area contributed by atoms with Crippen molar-refractivity contribution in [2.24, 2.45) is 11.7 Å². The molecule has 2 aliphatic rings. The second kappa shape index (κ2) is 4.97. The Morgan fingerprint density at radius 3 is 2.67 bits per heavy atom. The molecule has 5 heteroatoms. The predicted molar refractivity (Wildman–Crippen MR) is 72.7 cm³/mol. The van der Waals surface area contributed by atoms with Gasteiger partial charge in [0.1, 0.15) is 0 Å². The second-order valence-corrected chi connectivity index (χ2v) is 6.31. The van der Waals surface area contributed by atoms with Crippen LogP contribution in [0.2, 0.25) is 0 Å². The van der Waals surface area contributed by atoms with Gasteiger partial charge in [0, 0.05) is 23.3 Å². The molecule has 1 aromatic rings. The minimum absolute atomic E-state index is 0.123. The summed E-state index contributed by atoms with van der Waals surface area (Å²) in [5, 5.41) is 5.79. The molecule has 2 saturated carbocycles. The number of amides is 1. The summed E-state index contributed by atoms with van der Waals surface area (Å²) in [6.07, 6.45) is 6.24. The van der Waals surface area contributed by atoms with Crippen LogP contribution in [-0.2, 0) is 4.79 Å². The Hall–Kier alpha value is -0.940. The van der Waals surface area contributed by atoms with Crippen molar-refractivity contribution in [2.75, 3.05) is 5.32 Å². The van der Waals surface area contributed by atoms with E-state index < -0.39 is 0 Å². The third-order valence-electron chi connectivity index (χ3n) is 3.89. The van der Waals surface area contributed by atoms with Gasteiger partial charge < -0.3 is 11.1 Å². The van der Waals surface area contributed by atoms with Crippen molar-refractivity contribution in [2.45, 2.75) is 50.5 Å². The summed E-state index contributed by atoms with van der Waals surface area (Å²) in [6, 6.07) is 0.287. The van der Waals surface area contributed by atoms with Crippen molar-refractivity contribution in [1.29, 1.82) is 0 Å². The fourth-order valence-electron chi connectivity index (χ4n) is 2.50. The summed E-state index contributed by atoms with van der Waals surface area (Å²) >= 11 is 1.54. The van der Waals surface area contributed by atoms with Gasteiger partial charge in [0.2, 0.25) is 5.91 Å². The van der Waals surface area contributed by atoms with Crippen molar-refractivity contribution >= 4 is 22.4 Å². The number of nitrogens with zero attached hydrogens (tertiary/aromatic N) is 1. The zero-order valence-corrected chi connectivity index (χ0v) is 11.2. The summed E-state index contributed by atoms with van der Waals surface area (Å²) < 4.78 is 0. The summed E-state index contributed by atoms with van der Waals surface area (Å²) in [6.45, 7) is 0. The number of nitrogens with two attached hydrogens (primary N) is 1. The van der Waals surface area contributed by atoms with Crippen LogP contribution in [0.15, 0.2) is 5.38 Å². The van der Waals surface area contributed by atoms with E-state index in [9.17, 15) is 4.79 Å². The van der Waals surface area contributed by atoms with Gasteiger partial charge in [-0.25, -0.2) is 4.98 Å². The van der Waals surface area contributed by atoms with Crippen LogP contribution < -0.4 is 11.1 Å². The molecule has 0 saturated heterocycles. The van der Waals surface area contributed by atoms with Crippen molar-refractivity contribution in [3.8, 4) is 0 Å². The second-order valence-electron chi connectivity index (χ2n) is 5.45. The normalized spacial score (nSPS) is 28.1. The number of aromatic nitrogens is 1. The van der Waals surface area contributed by atoms with Crippen LogP contribution in [0, 0.1) is 5.92 Å². The van der Waals surface area contributed by atoms with Gasteiger partial charge in [-0.2, -0.15) is 0 Å². The Labute approximate surface area is 111 Å². The van der Waals surface area contributed by atoms with Crippen molar-refractivity contribution in [1.82, 2.24) is 4.98 Å². The first-order valence-electron chi connectivity index (χ1n) is 6.74. The molecule has 98 valence electrons. The maximum atomic E-state index is 12.1. The van der Waals surface area contributed by atoms with Crippen molar-refractivity contribution in [3.63, 3.8) is 0 Å². The number of hydrogen-bond donors (Lipinski definition) is 2. The summed E-state index contributed by atoms with van der Waals surface area (Å²) in [7, 11) is 0. The Balaban J connectivity index is 1.56. The van der Waals surface area contributed by atoms with E-state index in [0.29, 0.717) is 5.92 Å². The van der Waals surface area contributed by atoms with Crippen molar-refractivity contribution in [3.05, 3.63) is 11.1 Å². The average Bonchev–Trinajstić information content (AvgIpc) is 3.11. The van der Waals surface area contributed by atoms with E-state index >= 15 is 0 Å². The summed E-state index contributed by atoms with van der Waals surface area (Å²) in [5.74, 6) is 0.899. The lowest BCUT2D eigenvalue weighted by atomic mass is 9.86. The molecule has 2 fully saturated rings. The number of hydrogen-bond acceptors (Lipinski definition) is 4. The van der Waals surface area contributed by atoms with Crippen LogP contribution in [0.3, 0.4) is 0 Å². The molecule has 0 spiro atoms. The number of rotatable bonds is 3. The molecule has 3 rings (SSSR count). The molecule has 0 aromatic carbocycles. The fraction of sp³-hybridized carbons (Fsp3) is 0.692. The van der Waals surface area contributed by atoms with Gasteiger partial charge in [0.15, 0.2) is 5.13 Å². The maximum absolute atomic E-state index is 12.1. The molecule has 0 atom stereocenters. The molecular formula is C13H19N3OS. The first kappa shape index (κ1) is 12.1. The molecular weight excluding hydrogens is 246 g/mol.